The second-order valence-electron chi connectivity index (χ2n) is 4.26. The molecule has 5 heteroatoms. The van der Waals surface area contributed by atoms with Crippen LogP contribution in [0.25, 0.3) is 0 Å². The van der Waals surface area contributed by atoms with Gasteiger partial charge in [0.15, 0.2) is 0 Å². The summed E-state index contributed by atoms with van der Waals surface area (Å²) in [5.74, 6) is 0.935. The highest BCUT2D eigenvalue weighted by Gasteiger charge is 2.09. The Morgan fingerprint density at radius 3 is 3.00 bits per heavy atom. The first-order chi connectivity index (χ1) is 8.70. The molecule has 1 N–H and O–H groups in total. The molecule has 1 heterocycles. The number of anilines is 1. The van der Waals surface area contributed by atoms with Crippen LogP contribution in [0, 0.1) is 0 Å². The second-order valence-corrected chi connectivity index (χ2v) is 4.70. The fourth-order valence-electron chi connectivity index (χ4n) is 1.83. The molecule has 0 saturated carbocycles. The van der Waals surface area contributed by atoms with Crippen molar-refractivity contribution in [3.05, 3.63) is 41.0 Å². The third kappa shape index (κ3) is 3.01. The summed E-state index contributed by atoms with van der Waals surface area (Å²) in [4.78, 5) is 0. The number of hydrogen-bond donors (Lipinski definition) is 1. The minimum atomic E-state index is 0.165. The largest absolute Gasteiger partial charge is 0.362 e. The van der Waals surface area contributed by atoms with E-state index in [4.69, 9.17) is 11.6 Å². The van der Waals surface area contributed by atoms with E-state index in [2.05, 4.69) is 35.5 Å². The van der Waals surface area contributed by atoms with E-state index in [0.29, 0.717) is 0 Å². The molecule has 96 valence electrons. The lowest BCUT2D eigenvalue weighted by Gasteiger charge is -2.16. The van der Waals surface area contributed by atoms with Gasteiger partial charge in [0, 0.05) is 11.6 Å². The van der Waals surface area contributed by atoms with E-state index < -0.39 is 0 Å². The summed E-state index contributed by atoms with van der Waals surface area (Å²) >= 11 is 5.99. The maximum Gasteiger partial charge on any atom is 0.145 e. The van der Waals surface area contributed by atoms with Crippen molar-refractivity contribution < 1.29 is 0 Å². The van der Waals surface area contributed by atoms with Gasteiger partial charge in [-0.1, -0.05) is 35.9 Å². The first-order valence-corrected chi connectivity index (χ1v) is 6.49. The number of halogens is 1. The molecule has 0 aliphatic rings. The Balaban J connectivity index is 2.11. The predicted molar refractivity (Wildman–Crippen MR) is 73.8 cm³/mol. The molecule has 0 aliphatic heterocycles. The lowest BCUT2D eigenvalue weighted by Crippen LogP contribution is -2.11. The Morgan fingerprint density at radius 1 is 1.44 bits per heavy atom. The van der Waals surface area contributed by atoms with Gasteiger partial charge in [-0.2, -0.15) is 0 Å². The van der Waals surface area contributed by atoms with Gasteiger partial charge in [0.1, 0.15) is 5.82 Å². The molecular formula is C13H17ClN4. The molecule has 0 bridgehead atoms. The van der Waals surface area contributed by atoms with E-state index in [0.717, 1.165) is 29.4 Å². The van der Waals surface area contributed by atoms with Crippen LogP contribution in [0.15, 0.2) is 30.5 Å². The van der Waals surface area contributed by atoms with Gasteiger partial charge < -0.3 is 5.32 Å². The first kappa shape index (κ1) is 12.9. The number of aromatic nitrogens is 3. The predicted octanol–water partition coefficient (Wildman–Crippen LogP) is 3.51. The molecule has 1 atom stereocenters. The average Bonchev–Trinajstić information content (AvgIpc) is 2.77. The lowest BCUT2D eigenvalue weighted by atomic mass is 10.1. The zero-order valence-corrected chi connectivity index (χ0v) is 11.4. The number of nitrogens with one attached hydrogen (secondary N) is 1. The second kappa shape index (κ2) is 5.87. The summed E-state index contributed by atoms with van der Waals surface area (Å²) < 4.78 is 1.88. The van der Waals surface area contributed by atoms with Crippen LogP contribution >= 0.6 is 11.6 Å². The molecule has 1 aromatic carbocycles. The third-order valence-corrected chi connectivity index (χ3v) is 3.00. The Hall–Kier alpha value is -1.55. The molecule has 0 amide bonds. The van der Waals surface area contributed by atoms with Crippen LogP contribution in [-0.2, 0) is 6.54 Å². The first-order valence-electron chi connectivity index (χ1n) is 6.11. The van der Waals surface area contributed by atoms with E-state index in [1.54, 1.807) is 6.20 Å². The third-order valence-electron chi connectivity index (χ3n) is 2.77. The van der Waals surface area contributed by atoms with Crippen LogP contribution in [0.4, 0.5) is 5.82 Å². The monoisotopic (exact) mass is 264 g/mol. The summed E-state index contributed by atoms with van der Waals surface area (Å²) in [6.45, 7) is 5.07. The summed E-state index contributed by atoms with van der Waals surface area (Å²) in [5, 5.41) is 12.1. The number of rotatable bonds is 5. The number of aryl methyl sites for hydroxylation is 1. The minimum Gasteiger partial charge on any atom is -0.362 e. The van der Waals surface area contributed by atoms with Crippen LogP contribution in [0.3, 0.4) is 0 Å². The van der Waals surface area contributed by atoms with Crippen LogP contribution < -0.4 is 5.32 Å². The van der Waals surface area contributed by atoms with Gasteiger partial charge in [0.2, 0.25) is 0 Å². The van der Waals surface area contributed by atoms with Crippen molar-refractivity contribution in [3.8, 4) is 0 Å². The van der Waals surface area contributed by atoms with E-state index in [-0.39, 0.29) is 6.04 Å². The number of benzene rings is 1. The molecule has 0 spiro atoms. The molecule has 1 unspecified atom stereocenters. The highest BCUT2D eigenvalue weighted by atomic mass is 35.5. The Labute approximate surface area is 112 Å². The SMILES string of the molecule is CCCn1nncc1NC(C)c1cccc(Cl)c1. The van der Waals surface area contributed by atoms with Crippen LogP contribution in [-0.4, -0.2) is 15.0 Å². The highest BCUT2D eigenvalue weighted by molar-refractivity contribution is 6.30. The van der Waals surface area contributed by atoms with Crippen molar-refractivity contribution in [1.29, 1.82) is 0 Å². The van der Waals surface area contributed by atoms with Crippen molar-refractivity contribution in [1.82, 2.24) is 15.0 Å². The molecule has 2 rings (SSSR count). The van der Waals surface area contributed by atoms with Gasteiger partial charge in [-0.25, -0.2) is 4.68 Å². The zero-order valence-electron chi connectivity index (χ0n) is 10.6. The number of nitrogens with zero attached hydrogens (tertiary/aromatic N) is 3. The fourth-order valence-corrected chi connectivity index (χ4v) is 2.03. The fraction of sp³-hybridized carbons (Fsp3) is 0.385. The van der Waals surface area contributed by atoms with Crippen molar-refractivity contribution in [3.63, 3.8) is 0 Å². The molecule has 0 saturated heterocycles. The van der Waals surface area contributed by atoms with Crippen molar-refractivity contribution in [2.24, 2.45) is 0 Å². The molecule has 0 aliphatic carbocycles. The Kier molecular flexibility index (Phi) is 4.20. The van der Waals surface area contributed by atoms with Crippen LogP contribution in [0.5, 0.6) is 0 Å². The summed E-state index contributed by atoms with van der Waals surface area (Å²) in [6, 6.07) is 8.01. The van der Waals surface area contributed by atoms with Gasteiger partial charge >= 0.3 is 0 Å². The van der Waals surface area contributed by atoms with Gasteiger partial charge in [0.25, 0.3) is 0 Å². The Bertz CT molecular complexity index is 509. The molecule has 0 fully saturated rings. The zero-order chi connectivity index (χ0) is 13.0. The molecule has 0 radical (unpaired) electrons. The van der Waals surface area contributed by atoms with Gasteiger partial charge in [0.05, 0.1) is 12.2 Å². The molecule has 1 aromatic heterocycles. The highest BCUT2D eigenvalue weighted by Crippen LogP contribution is 2.21. The van der Waals surface area contributed by atoms with Crippen LogP contribution in [0.2, 0.25) is 5.02 Å². The normalized spacial score (nSPS) is 12.4. The quantitative estimate of drug-likeness (QED) is 0.899. The lowest BCUT2D eigenvalue weighted by molar-refractivity contribution is 0.580. The molecule has 18 heavy (non-hydrogen) atoms. The summed E-state index contributed by atoms with van der Waals surface area (Å²) in [5.41, 5.74) is 1.15. The van der Waals surface area contributed by atoms with Gasteiger partial charge in [-0.15, -0.1) is 5.10 Å². The van der Waals surface area contributed by atoms with Crippen LogP contribution in [0.1, 0.15) is 31.9 Å². The standard InChI is InChI=1S/C13H17ClN4/c1-3-7-18-13(9-15-17-18)16-10(2)11-5-4-6-12(14)8-11/h4-6,8-10,16H,3,7H2,1-2H3. The van der Waals surface area contributed by atoms with E-state index >= 15 is 0 Å². The molecule has 4 nitrogen and oxygen atoms in total. The maximum atomic E-state index is 5.99. The average molecular weight is 265 g/mol. The van der Waals surface area contributed by atoms with Crippen molar-refractivity contribution in [2.75, 3.05) is 5.32 Å². The van der Waals surface area contributed by atoms with E-state index in [1.807, 2.05) is 22.9 Å². The topological polar surface area (TPSA) is 42.7 Å². The summed E-state index contributed by atoms with van der Waals surface area (Å²) in [7, 11) is 0. The number of hydrogen-bond acceptors (Lipinski definition) is 3. The van der Waals surface area contributed by atoms with Crippen molar-refractivity contribution in [2.45, 2.75) is 32.9 Å². The Morgan fingerprint density at radius 2 is 2.28 bits per heavy atom. The van der Waals surface area contributed by atoms with E-state index in [1.165, 1.54) is 0 Å². The molecule has 2 aromatic rings. The van der Waals surface area contributed by atoms with Gasteiger partial charge in [-0.3, -0.25) is 0 Å². The van der Waals surface area contributed by atoms with E-state index in [9.17, 15) is 0 Å². The minimum absolute atomic E-state index is 0.165. The van der Waals surface area contributed by atoms with Crippen molar-refractivity contribution >= 4 is 17.4 Å². The van der Waals surface area contributed by atoms with Gasteiger partial charge in [-0.05, 0) is 31.0 Å². The smallest absolute Gasteiger partial charge is 0.145 e. The summed E-state index contributed by atoms with van der Waals surface area (Å²) in [6.07, 6.45) is 2.78. The maximum absolute atomic E-state index is 5.99. The molecular weight excluding hydrogens is 248 g/mol.